The molecule has 0 amide bonds. The summed E-state index contributed by atoms with van der Waals surface area (Å²) in [5, 5.41) is 12.6. The van der Waals surface area contributed by atoms with E-state index in [1.807, 2.05) is 19.1 Å². The Labute approximate surface area is 147 Å². The first kappa shape index (κ1) is 17.2. The van der Waals surface area contributed by atoms with Crippen molar-refractivity contribution < 1.29 is 9.84 Å². The lowest BCUT2D eigenvalue weighted by atomic mass is 10.2. The minimum Gasteiger partial charge on any atom is -0.508 e. The van der Waals surface area contributed by atoms with Crippen molar-refractivity contribution in [2.75, 3.05) is 37.7 Å². The molecule has 5 nitrogen and oxygen atoms in total. The van der Waals surface area contributed by atoms with Crippen molar-refractivity contribution in [3.05, 3.63) is 40.3 Å². The zero-order valence-electron chi connectivity index (χ0n) is 14.3. The normalized spacial score (nSPS) is 17.2. The van der Waals surface area contributed by atoms with Crippen LogP contribution >= 0.6 is 11.3 Å². The maximum atomic E-state index is 9.39. The number of phenols is 1. The van der Waals surface area contributed by atoms with E-state index in [2.05, 4.69) is 22.1 Å². The van der Waals surface area contributed by atoms with Gasteiger partial charge in [-0.05, 0) is 38.1 Å². The number of hydrogen-bond acceptors (Lipinski definition) is 6. The predicted molar refractivity (Wildman–Crippen MR) is 97.8 cm³/mol. The fourth-order valence-corrected chi connectivity index (χ4v) is 3.77. The molecule has 6 heteroatoms. The molecule has 1 aromatic heterocycles. The van der Waals surface area contributed by atoms with Gasteiger partial charge >= 0.3 is 0 Å². The lowest BCUT2D eigenvalue weighted by molar-refractivity contribution is 0.0760. The van der Waals surface area contributed by atoms with E-state index < -0.39 is 0 Å². The monoisotopic (exact) mass is 347 g/mol. The second kappa shape index (κ2) is 7.96. The Hall–Kier alpha value is -1.63. The predicted octanol–water partition coefficient (Wildman–Crippen LogP) is 3.27. The minimum atomic E-state index is 0.0834. The molecule has 0 saturated carbocycles. The molecule has 1 N–H and O–H groups in total. The fraction of sp³-hybridized carbons (Fsp3) is 0.500. The van der Waals surface area contributed by atoms with E-state index in [0.717, 1.165) is 50.0 Å². The van der Waals surface area contributed by atoms with Gasteiger partial charge in [0.05, 0.1) is 5.69 Å². The molecule has 0 spiro atoms. The third kappa shape index (κ3) is 4.26. The molecule has 1 atom stereocenters. The average molecular weight is 347 g/mol. The first-order valence-corrected chi connectivity index (χ1v) is 9.36. The molecule has 1 fully saturated rings. The molecule has 2 heterocycles. The van der Waals surface area contributed by atoms with E-state index in [1.165, 1.54) is 5.69 Å². The molecule has 130 valence electrons. The highest BCUT2D eigenvalue weighted by atomic mass is 32.1. The van der Waals surface area contributed by atoms with Gasteiger partial charge in [0.15, 0.2) is 0 Å². The molecule has 0 radical (unpaired) electrons. The third-order valence-corrected chi connectivity index (χ3v) is 5.36. The Morgan fingerprint density at radius 2 is 1.92 bits per heavy atom. The van der Waals surface area contributed by atoms with Crippen LogP contribution in [0.15, 0.2) is 29.6 Å². The maximum Gasteiger partial charge on any atom is 0.122 e. The summed E-state index contributed by atoms with van der Waals surface area (Å²) in [6.45, 7) is 9.73. The molecule has 1 aromatic carbocycles. The van der Waals surface area contributed by atoms with Gasteiger partial charge in [0.25, 0.3) is 0 Å². The number of aromatic nitrogens is 1. The van der Waals surface area contributed by atoms with Gasteiger partial charge in [0, 0.05) is 50.4 Å². The lowest BCUT2D eigenvalue weighted by Crippen LogP contribution is -2.46. The average Bonchev–Trinajstić information content (AvgIpc) is 3.05. The second-order valence-corrected chi connectivity index (χ2v) is 6.94. The van der Waals surface area contributed by atoms with Crippen LogP contribution in [0.4, 0.5) is 5.69 Å². The van der Waals surface area contributed by atoms with E-state index in [4.69, 9.17) is 9.72 Å². The topological polar surface area (TPSA) is 48.8 Å². The first-order chi connectivity index (χ1) is 11.7. The number of thiazole rings is 1. The van der Waals surface area contributed by atoms with Crippen LogP contribution in [-0.4, -0.2) is 47.8 Å². The van der Waals surface area contributed by atoms with Crippen LogP contribution in [0, 0.1) is 0 Å². The summed E-state index contributed by atoms with van der Waals surface area (Å²) < 4.78 is 5.61. The van der Waals surface area contributed by atoms with E-state index in [9.17, 15) is 5.11 Å². The van der Waals surface area contributed by atoms with Gasteiger partial charge < -0.3 is 14.7 Å². The quantitative estimate of drug-likeness (QED) is 0.869. The standard InChI is InChI=1S/C18H25N3O2S/c1-3-23-14(2)18-19-15(13-24-18)12-20-8-10-21(11-9-20)16-4-6-17(22)7-5-16/h4-7,13-14,22H,3,8-12H2,1-2H3. The SMILES string of the molecule is CCOC(C)c1nc(CN2CCN(c3ccc(O)cc3)CC2)cs1. The Balaban J connectivity index is 1.51. The number of anilines is 1. The molecule has 1 saturated heterocycles. The number of benzene rings is 1. The number of phenolic OH excluding ortho intramolecular Hbond substituents is 1. The summed E-state index contributed by atoms with van der Waals surface area (Å²) in [5.41, 5.74) is 2.31. The molecule has 3 rings (SSSR count). The molecule has 24 heavy (non-hydrogen) atoms. The Morgan fingerprint density at radius 1 is 1.21 bits per heavy atom. The van der Waals surface area contributed by atoms with Crippen LogP contribution < -0.4 is 4.90 Å². The minimum absolute atomic E-state index is 0.0834. The zero-order valence-corrected chi connectivity index (χ0v) is 15.1. The molecule has 0 aliphatic carbocycles. The number of hydrogen-bond donors (Lipinski definition) is 1. The largest absolute Gasteiger partial charge is 0.508 e. The number of nitrogens with zero attached hydrogens (tertiary/aromatic N) is 3. The van der Waals surface area contributed by atoms with Gasteiger partial charge in [-0.15, -0.1) is 11.3 Å². The number of piperazine rings is 1. The van der Waals surface area contributed by atoms with Crippen LogP contribution in [0.2, 0.25) is 0 Å². The molecular weight excluding hydrogens is 322 g/mol. The van der Waals surface area contributed by atoms with Crippen LogP contribution in [-0.2, 0) is 11.3 Å². The van der Waals surface area contributed by atoms with Crippen molar-refractivity contribution in [2.24, 2.45) is 0 Å². The summed E-state index contributed by atoms with van der Waals surface area (Å²) in [4.78, 5) is 9.53. The highest BCUT2D eigenvalue weighted by Gasteiger charge is 2.19. The third-order valence-electron chi connectivity index (χ3n) is 4.31. The van der Waals surface area contributed by atoms with E-state index >= 15 is 0 Å². The molecule has 1 unspecified atom stereocenters. The highest BCUT2D eigenvalue weighted by molar-refractivity contribution is 7.09. The number of ether oxygens (including phenoxy) is 1. The molecule has 0 bridgehead atoms. The van der Waals surface area contributed by atoms with Gasteiger partial charge in [-0.2, -0.15) is 0 Å². The van der Waals surface area contributed by atoms with Crippen molar-refractivity contribution in [2.45, 2.75) is 26.5 Å². The fourth-order valence-electron chi connectivity index (χ4n) is 2.96. The molecule has 2 aromatic rings. The smallest absolute Gasteiger partial charge is 0.122 e. The van der Waals surface area contributed by atoms with Crippen molar-refractivity contribution in [3.8, 4) is 5.75 Å². The van der Waals surface area contributed by atoms with E-state index in [0.29, 0.717) is 5.75 Å². The number of aromatic hydroxyl groups is 1. The van der Waals surface area contributed by atoms with E-state index in [1.54, 1.807) is 23.5 Å². The Bertz CT molecular complexity index is 636. The van der Waals surface area contributed by atoms with E-state index in [-0.39, 0.29) is 6.10 Å². The van der Waals surface area contributed by atoms with Gasteiger partial charge in [0.1, 0.15) is 16.9 Å². The van der Waals surface area contributed by atoms with Crippen molar-refractivity contribution in [3.63, 3.8) is 0 Å². The number of rotatable bonds is 6. The van der Waals surface area contributed by atoms with Gasteiger partial charge in [-0.3, -0.25) is 4.90 Å². The van der Waals surface area contributed by atoms with Crippen molar-refractivity contribution in [1.82, 2.24) is 9.88 Å². The van der Waals surface area contributed by atoms with Crippen molar-refractivity contribution >= 4 is 17.0 Å². The molecular formula is C18H25N3O2S. The summed E-state index contributed by atoms with van der Waals surface area (Å²) >= 11 is 1.69. The second-order valence-electron chi connectivity index (χ2n) is 6.05. The Kier molecular flexibility index (Phi) is 5.71. The summed E-state index contributed by atoms with van der Waals surface area (Å²) in [6, 6.07) is 7.45. The van der Waals surface area contributed by atoms with Crippen LogP contribution in [0.1, 0.15) is 30.7 Å². The van der Waals surface area contributed by atoms with Gasteiger partial charge in [-0.1, -0.05) is 0 Å². The van der Waals surface area contributed by atoms with Crippen LogP contribution in [0.3, 0.4) is 0 Å². The Morgan fingerprint density at radius 3 is 2.58 bits per heavy atom. The summed E-state index contributed by atoms with van der Waals surface area (Å²) in [7, 11) is 0. The maximum absolute atomic E-state index is 9.39. The zero-order chi connectivity index (χ0) is 16.9. The summed E-state index contributed by atoms with van der Waals surface area (Å²) in [6.07, 6.45) is 0.0834. The molecule has 1 aliphatic heterocycles. The summed E-state index contributed by atoms with van der Waals surface area (Å²) in [5.74, 6) is 0.318. The van der Waals surface area contributed by atoms with Crippen LogP contribution in [0.25, 0.3) is 0 Å². The van der Waals surface area contributed by atoms with Gasteiger partial charge in [0.2, 0.25) is 0 Å². The van der Waals surface area contributed by atoms with Crippen molar-refractivity contribution in [1.29, 1.82) is 0 Å². The lowest BCUT2D eigenvalue weighted by Gasteiger charge is -2.35. The highest BCUT2D eigenvalue weighted by Crippen LogP contribution is 2.23. The van der Waals surface area contributed by atoms with Gasteiger partial charge in [-0.25, -0.2) is 4.98 Å². The first-order valence-electron chi connectivity index (χ1n) is 8.48. The molecule has 1 aliphatic rings. The van der Waals surface area contributed by atoms with Crippen LogP contribution in [0.5, 0.6) is 5.75 Å².